The van der Waals surface area contributed by atoms with Crippen molar-refractivity contribution < 1.29 is 9.53 Å². The number of nitrogens with two attached hydrogens (primary N) is 1. The topological polar surface area (TPSA) is 76.4 Å². The number of anilines is 1. The van der Waals surface area contributed by atoms with Gasteiger partial charge in [-0.05, 0) is 36.7 Å². The molecule has 1 aliphatic heterocycles. The molecule has 5 heteroatoms. The fourth-order valence-corrected chi connectivity index (χ4v) is 1.79. The number of benzene rings is 1. The van der Waals surface area contributed by atoms with Gasteiger partial charge in [-0.15, -0.1) is 0 Å². The lowest BCUT2D eigenvalue weighted by molar-refractivity contribution is -0.118. The van der Waals surface area contributed by atoms with Crippen molar-refractivity contribution in [2.24, 2.45) is 11.7 Å². The molecular weight excluding hydrogens is 230 g/mol. The van der Waals surface area contributed by atoms with E-state index < -0.39 is 0 Å². The summed E-state index contributed by atoms with van der Waals surface area (Å²) < 4.78 is 5.30. The van der Waals surface area contributed by atoms with E-state index in [-0.39, 0.29) is 12.5 Å². The van der Waals surface area contributed by atoms with Gasteiger partial charge in [0.2, 0.25) is 0 Å². The number of hydrogen-bond acceptors (Lipinski definition) is 4. The monoisotopic (exact) mass is 249 g/mol. The largest absolute Gasteiger partial charge is 0.482 e. The Hall–Kier alpha value is -1.59. The van der Waals surface area contributed by atoms with Gasteiger partial charge in [-0.2, -0.15) is 0 Å². The van der Waals surface area contributed by atoms with Crippen LogP contribution in [0.25, 0.3) is 0 Å². The molecule has 0 fully saturated rings. The van der Waals surface area contributed by atoms with E-state index in [1.807, 2.05) is 18.2 Å². The van der Waals surface area contributed by atoms with E-state index >= 15 is 0 Å². The van der Waals surface area contributed by atoms with E-state index in [1.54, 1.807) is 0 Å². The molecule has 1 unspecified atom stereocenters. The molecule has 0 aliphatic carbocycles. The third-order valence-electron chi connectivity index (χ3n) is 2.90. The highest BCUT2D eigenvalue weighted by atomic mass is 16.5. The average molecular weight is 249 g/mol. The SMILES string of the molecule is CC(CN)CNCc1ccc2c(c1)NC(=O)CO2. The van der Waals surface area contributed by atoms with Crippen molar-refractivity contribution in [3.05, 3.63) is 23.8 Å². The second-order valence-electron chi connectivity index (χ2n) is 4.64. The first-order chi connectivity index (χ1) is 8.69. The summed E-state index contributed by atoms with van der Waals surface area (Å²) in [5.41, 5.74) is 7.42. The average Bonchev–Trinajstić information content (AvgIpc) is 2.38. The Bertz CT molecular complexity index is 434. The van der Waals surface area contributed by atoms with Gasteiger partial charge in [-0.1, -0.05) is 13.0 Å². The highest BCUT2D eigenvalue weighted by molar-refractivity contribution is 5.95. The maximum absolute atomic E-state index is 11.2. The summed E-state index contributed by atoms with van der Waals surface area (Å²) in [4.78, 5) is 11.2. The number of rotatable bonds is 5. The van der Waals surface area contributed by atoms with E-state index in [1.165, 1.54) is 0 Å². The van der Waals surface area contributed by atoms with Crippen LogP contribution in [0.15, 0.2) is 18.2 Å². The molecule has 1 amide bonds. The molecule has 18 heavy (non-hydrogen) atoms. The molecule has 0 saturated carbocycles. The number of hydrogen-bond donors (Lipinski definition) is 3. The minimum absolute atomic E-state index is 0.0958. The van der Waals surface area contributed by atoms with E-state index in [0.29, 0.717) is 12.5 Å². The van der Waals surface area contributed by atoms with Crippen molar-refractivity contribution in [2.45, 2.75) is 13.5 Å². The summed E-state index contributed by atoms with van der Waals surface area (Å²) in [7, 11) is 0. The summed E-state index contributed by atoms with van der Waals surface area (Å²) >= 11 is 0. The lowest BCUT2D eigenvalue weighted by Gasteiger charge is -2.18. The summed E-state index contributed by atoms with van der Waals surface area (Å²) in [6.45, 7) is 4.53. The Labute approximate surface area is 107 Å². The van der Waals surface area contributed by atoms with E-state index in [4.69, 9.17) is 10.5 Å². The first kappa shape index (κ1) is 12.9. The predicted octanol–water partition coefficient (Wildman–Crippen LogP) is 0.702. The van der Waals surface area contributed by atoms with Crippen LogP contribution in [-0.2, 0) is 11.3 Å². The van der Waals surface area contributed by atoms with Crippen LogP contribution in [-0.4, -0.2) is 25.6 Å². The van der Waals surface area contributed by atoms with Gasteiger partial charge in [0.25, 0.3) is 5.91 Å². The van der Waals surface area contributed by atoms with E-state index in [0.717, 1.165) is 30.1 Å². The number of fused-ring (bicyclic) bond motifs is 1. The molecule has 0 radical (unpaired) electrons. The number of carbonyl (C=O) groups is 1. The maximum atomic E-state index is 11.2. The minimum atomic E-state index is -0.107. The molecule has 0 bridgehead atoms. The van der Waals surface area contributed by atoms with Crippen LogP contribution in [0, 0.1) is 5.92 Å². The van der Waals surface area contributed by atoms with Crippen LogP contribution in [0.1, 0.15) is 12.5 Å². The number of amides is 1. The summed E-state index contributed by atoms with van der Waals surface area (Å²) in [6.07, 6.45) is 0. The quantitative estimate of drug-likeness (QED) is 0.718. The van der Waals surface area contributed by atoms with Gasteiger partial charge in [0.1, 0.15) is 5.75 Å². The molecule has 1 aromatic rings. The lowest BCUT2D eigenvalue weighted by atomic mass is 10.1. The standard InChI is InChI=1S/C13H19N3O2/c1-9(5-14)6-15-7-10-2-3-12-11(4-10)16-13(17)8-18-12/h2-4,9,15H,5-8,14H2,1H3,(H,16,17). The van der Waals surface area contributed by atoms with Crippen molar-refractivity contribution in [2.75, 3.05) is 25.0 Å². The Balaban J connectivity index is 1.94. The Morgan fingerprint density at radius 1 is 1.56 bits per heavy atom. The van der Waals surface area contributed by atoms with Gasteiger partial charge >= 0.3 is 0 Å². The van der Waals surface area contributed by atoms with E-state index in [2.05, 4.69) is 17.6 Å². The first-order valence-electron chi connectivity index (χ1n) is 6.15. The van der Waals surface area contributed by atoms with Gasteiger partial charge in [-0.3, -0.25) is 4.79 Å². The van der Waals surface area contributed by atoms with Crippen LogP contribution in [0.3, 0.4) is 0 Å². The molecule has 0 aromatic heterocycles. The fourth-order valence-electron chi connectivity index (χ4n) is 1.79. The number of ether oxygens (including phenoxy) is 1. The summed E-state index contributed by atoms with van der Waals surface area (Å²) in [5, 5.41) is 6.14. The summed E-state index contributed by atoms with van der Waals surface area (Å²) in [5.74, 6) is 1.09. The Morgan fingerprint density at radius 2 is 2.39 bits per heavy atom. The Kier molecular flexibility index (Phi) is 4.17. The van der Waals surface area contributed by atoms with Crippen molar-refractivity contribution in [1.82, 2.24) is 5.32 Å². The molecule has 1 aliphatic rings. The highest BCUT2D eigenvalue weighted by Crippen LogP contribution is 2.28. The first-order valence-corrected chi connectivity index (χ1v) is 6.15. The normalized spacial score (nSPS) is 15.6. The van der Waals surface area contributed by atoms with Crippen LogP contribution < -0.4 is 21.1 Å². The van der Waals surface area contributed by atoms with Crippen LogP contribution in [0.2, 0.25) is 0 Å². The smallest absolute Gasteiger partial charge is 0.262 e. The fraction of sp³-hybridized carbons (Fsp3) is 0.462. The van der Waals surface area contributed by atoms with Crippen LogP contribution in [0.4, 0.5) is 5.69 Å². The molecule has 5 nitrogen and oxygen atoms in total. The van der Waals surface area contributed by atoms with Crippen LogP contribution in [0.5, 0.6) is 5.75 Å². The van der Waals surface area contributed by atoms with Crippen molar-refractivity contribution in [3.8, 4) is 5.75 Å². The van der Waals surface area contributed by atoms with Crippen LogP contribution >= 0.6 is 0 Å². The predicted molar refractivity (Wildman–Crippen MR) is 70.5 cm³/mol. The summed E-state index contributed by atoms with van der Waals surface area (Å²) in [6, 6.07) is 5.82. The maximum Gasteiger partial charge on any atom is 0.262 e. The molecule has 1 heterocycles. The van der Waals surface area contributed by atoms with Gasteiger partial charge in [0, 0.05) is 6.54 Å². The third kappa shape index (κ3) is 3.21. The van der Waals surface area contributed by atoms with Crippen molar-refractivity contribution in [3.63, 3.8) is 0 Å². The zero-order valence-electron chi connectivity index (χ0n) is 10.5. The van der Waals surface area contributed by atoms with Crippen molar-refractivity contribution >= 4 is 11.6 Å². The van der Waals surface area contributed by atoms with Gasteiger partial charge in [-0.25, -0.2) is 0 Å². The molecular formula is C13H19N3O2. The number of nitrogens with one attached hydrogen (secondary N) is 2. The van der Waals surface area contributed by atoms with E-state index in [9.17, 15) is 4.79 Å². The zero-order valence-corrected chi connectivity index (χ0v) is 10.5. The molecule has 98 valence electrons. The van der Waals surface area contributed by atoms with Gasteiger partial charge in [0.15, 0.2) is 6.61 Å². The minimum Gasteiger partial charge on any atom is -0.482 e. The molecule has 0 spiro atoms. The third-order valence-corrected chi connectivity index (χ3v) is 2.90. The van der Waals surface area contributed by atoms with Gasteiger partial charge in [0.05, 0.1) is 5.69 Å². The zero-order chi connectivity index (χ0) is 13.0. The lowest BCUT2D eigenvalue weighted by Crippen LogP contribution is -2.27. The van der Waals surface area contributed by atoms with Gasteiger partial charge < -0.3 is 21.1 Å². The molecule has 1 atom stereocenters. The number of carbonyl (C=O) groups excluding carboxylic acids is 1. The molecule has 1 aromatic carbocycles. The second kappa shape index (κ2) is 5.84. The molecule has 4 N–H and O–H groups in total. The molecule has 0 saturated heterocycles. The molecule has 2 rings (SSSR count). The van der Waals surface area contributed by atoms with Crippen molar-refractivity contribution in [1.29, 1.82) is 0 Å². The Morgan fingerprint density at radius 3 is 3.17 bits per heavy atom. The second-order valence-corrected chi connectivity index (χ2v) is 4.64. The highest BCUT2D eigenvalue weighted by Gasteiger charge is 2.15.